The van der Waals surface area contributed by atoms with Crippen LogP contribution >= 0.6 is 0 Å². The van der Waals surface area contributed by atoms with Crippen LogP contribution in [0.1, 0.15) is 22.3 Å². The molecule has 0 aliphatic carbocycles. The first-order chi connectivity index (χ1) is 22.3. The fraction of sp³-hybridized carbons (Fsp3) is 0.0238. The lowest BCUT2D eigenvalue weighted by atomic mass is 9.62. The highest BCUT2D eigenvalue weighted by molar-refractivity contribution is 6.05. The number of rotatable bonds is 4. The lowest BCUT2D eigenvalue weighted by Crippen LogP contribution is -2.37. The third-order valence-electron chi connectivity index (χ3n) is 9.22. The van der Waals surface area contributed by atoms with E-state index in [1.807, 2.05) is 12.1 Å². The van der Waals surface area contributed by atoms with Gasteiger partial charge in [0.2, 0.25) is 5.71 Å². The Hall–Kier alpha value is -5.93. The zero-order chi connectivity index (χ0) is 29.8. The Balaban J connectivity index is 1.22. The maximum Gasteiger partial charge on any atom is 0.227 e. The van der Waals surface area contributed by atoms with Gasteiger partial charge in [0, 0.05) is 22.7 Å². The van der Waals surface area contributed by atoms with E-state index < -0.39 is 5.41 Å². The van der Waals surface area contributed by atoms with Crippen molar-refractivity contribution in [2.24, 2.45) is 0 Å². The molecule has 0 spiro atoms. The zero-order valence-electron chi connectivity index (χ0n) is 24.5. The van der Waals surface area contributed by atoms with Crippen molar-refractivity contribution in [3.63, 3.8) is 0 Å². The monoisotopic (exact) mass is 576 g/mol. The first-order valence-electron chi connectivity index (χ1n) is 15.3. The smallest absolute Gasteiger partial charge is 0.227 e. The van der Waals surface area contributed by atoms with Gasteiger partial charge in [0.15, 0.2) is 0 Å². The van der Waals surface area contributed by atoms with Crippen LogP contribution in [0.25, 0.3) is 33.2 Å². The number of benzene rings is 6. The molecule has 45 heavy (non-hydrogen) atoms. The van der Waals surface area contributed by atoms with Crippen molar-refractivity contribution >= 4 is 39.1 Å². The summed E-state index contributed by atoms with van der Waals surface area (Å²) < 4.78 is 5.97. The van der Waals surface area contributed by atoms with Gasteiger partial charge in [-0.1, -0.05) is 115 Å². The summed E-state index contributed by atoms with van der Waals surface area (Å²) in [4.78, 5) is 6.81. The van der Waals surface area contributed by atoms with Crippen molar-refractivity contribution in [2.45, 2.75) is 5.41 Å². The van der Waals surface area contributed by atoms with E-state index >= 15 is 0 Å². The van der Waals surface area contributed by atoms with Crippen LogP contribution in [0.4, 0.5) is 17.1 Å². The van der Waals surface area contributed by atoms with Crippen molar-refractivity contribution in [1.82, 2.24) is 4.98 Å². The van der Waals surface area contributed by atoms with Crippen LogP contribution in [0, 0.1) is 0 Å². The predicted octanol–water partition coefficient (Wildman–Crippen LogP) is 10.8. The number of pyridine rings is 1. The number of para-hydroxylation sites is 2. The lowest BCUT2D eigenvalue weighted by Gasteiger charge is -2.46. The fourth-order valence-electron chi connectivity index (χ4n) is 7.28. The summed E-state index contributed by atoms with van der Waals surface area (Å²) in [7, 11) is 0. The van der Waals surface area contributed by atoms with Crippen molar-refractivity contribution in [2.75, 3.05) is 4.90 Å². The summed E-state index contributed by atoms with van der Waals surface area (Å²) in [6, 6.07) is 58.9. The van der Waals surface area contributed by atoms with Gasteiger partial charge >= 0.3 is 0 Å². The van der Waals surface area contributed by atoms with Crippen LogP contribution in [0.3, 0.4) is 0 Å². The number of nitrogens with zero attached hydrogens (tertiary/aromatic N) is 2. The number of aromatic nitrogens is 1. The Bertz CT molecular complexity index is 2230. The van der Waals surface area contributed by atoms with Crippen LogP contribution in [-0.4, -0.2) is 4.98 Å². The molecule has 0 radical (unpaired) electrons. The number of fused-ring (bicyclic) bond motifs is 5. The van der Waals surface area contributed by atoms with Crippen LogP contribution in [0.15, 0.2) is 174 Å². The average molecular weight is 577 g/mol. The second kappa shape index (κ2) is 10.1. The Kier molecular flexibility index (Phi) is 5.72. The quantitative estimate of drug-likeness (QED) is 0.209. The van der Waals surface area contributed by atoms with Crippen LogP contribution in [0.2, 0.25) is 0 Å². The van der Waals surface area contributed by atoms with Gasteiger partial charge in [-0.05, 0) is 81.9 Å². The van der Waals surface area contributed by atoms with Gasteiger partial charge in [0.1, 0.15) is 5.58 Å². The molecule has 3 heterocycles. The van der Waals surface area contributed by atoms with Crippen molar-refractivity contribution in [3.05, 3.63) is 192 Å². The molecule has 1 aliphatic heterocycles. The summed E-state index contributed by atoms with van der Waals surface area (Å²) in [5.74, 6) is 0. The molecule has 3 heteroatoms. The molecular weight excluding hydrogens is 548 g/mol. The van der Waals surface area contributed by atoms with Crippen LogP contribution < -0.4 is 4.90 Å². The molecule has 0 atom stereocenters. The van der Waals surface area contributed by atoms with Gasteiger partial charge in [-0.25, -0.2) is 4.98 Å². The molecule has 0 fully saturated rings. The van der Waals surface area contributed by atoms with Crippen molar-refractivity contribution in [1.29, 1.82) is 0 Å². The van der Waals surface area contributed by atoms with E-state index in [1.165, 1.54) is 33.6 Å². The predicted molar refractivity (Wildman–Crippen MR) is 184 cm³/mol. The third kappa shape index (κ3) is 3.81. The fourth-order valence-corrected chi connectivity index (χ4v) is 7.28. The number of anilines is 3. The van der Waals surface area contributed by atoms with Gasteiger partial charge < -0.3 is 9.32 Å². The largest absolute Gasteiger partial charge is 0.438 e. The molecule has 212 valence electrons. The van der Waals surface area contributed by atoms with Gasteiger partial charge in [0.25, 0.3) is 0 Å². The molecule has 0 N–H and O–H groups in total. The van der Waals surface area contributed by atoms with Gasteiger partial charge in [-0.2, -0.15) is 0 Å². The maximum absolute atomic E-state index is 5.97. The molecule has 1 aliphatic rings. The summed E-state index contributed by atoms with van der Waals surface area (Å²) in [5, 5.41) is 2.12. The Morgan fingerprint density at radius 2 is 1.07 bits per heavy atom. The number of hydrogen-bond donors (Lipinski definition) is 0. The molecule has 0 saturated carbocycles. The molecule has 0 saturated heterocycles. The molecule has 0 unspecified atom stereocenters. The lowest BCUT2D eigenvalue weighted by molar-refractivity contribution is 0.654. The molecule has 2 aromatic heterocycles. The minimum absolute atomic E-state index is 0.468. The van der Waals surface area contributed by atoms with Gasteiger partial charge in [-0.3, -0.25) is 0 Å². The normalized spacial score (nSPS) is 13.5. The van der Waals surface area contributed by atoms with Crippen molar-refractivity contribution < 1.29 is 4.42 Å². The molecule has 3 nitrogen and oxygen atoms in total. The molecule has 8 aromatic rings. The maximum atomic E-state index is 5.97. The van der Waals surface area contributed by atoms with E-state index in [9.17, 15) is 0 Å². The highest BCUT2D eigenvalue weighted by atomic mass is 16.3. The number of furan rings is 1. The minimum atomic E-state index is -0.468. The Morgan fingerprint density at radius 1 is 0.489 bits per heavy atom. The third-order valence-corrected chi connectivity index (χ3v) is 9.22. The van der Waals surface area contributed by atoms with E-state index in [1.54, 1.807) is 6.20 Å². The molecule has 6 aromatic carbocycles. The average Bonchev–Trinajstić information content (AvgIpc) is 3.49. The van der Waals surface area contributed by atoms with Gasteiger partial charge in [-0.15, -0.1) is 0 Å². The van der Waals surface area contributed by atoms with Crippen molar-refractivity contribution in [3.8, 4) is 11.1 Å². The summed E-state index contributed by atoms with van der Waals surface area (Å²) in [5.41, 5.74) is 11.9. The topological polar surface area (TPSA) is 29.3 Å². The van der Waals surface area contributed by atoms with E-state index in [-0.39, 0.29) is 0 Å². The van der Waals surface area contributed by atoms with E-state index in [0.717, 1.165) is 33.2 Å². The molecular formula is C42H28N2O. The SMILES string of the molecule is c1ccc(C2(c3ccccc3)c3ccccc3N(c3ccc(-c4ccc5oc6ncccc6c5c4)cc3)c3ccccc32)cc1. The Morgan fingerprint density at radius 3 is 1.71 bits per heavy atom. The molecule has 0 bridgehead atoms. The first kappa shape index (κ1) is 25.6. The van der Waals surface area contributed by atoms with E-state index in [0.29, 0.717) is 5.71 Å². The summed E-state index contributed by atoms with van der Waals surface area (Å²) >= 11 is 0. The molecule has 9 rings (SSSR count). The minimum Gasteiger partial charge on any atom is -0.438 e. The van der Waals surface area contributed by atoms with Crippen LogP contribution in [0.5, 0.6) is 0 Å². The van der Waals surface area contributed by atoms with E-state index in [2.05, 4.69) is 162 Å². The zero-order valence-corrected chi connectivity index (χ0v) is 24.5. The van der Waals surface area contributed by atoms with Crippen LogP contribution in [-0.2, 0) is 5.41 Å². The summed E-state index contributed by atoms with van der Waals surface area (Å²) in [6.45, 7) is 0. The highest BCUT2D eigenvalue weighted by Crippen LogP contribution is 2.57. The highest BCUT2D eigenvalue weighted by Gasteiger charge is 2.46. The number of hydrogen-bond acceptors (Lipinski definition) is 3. The van der Waals surface area contributed by atoms with Gasteiger partial charge in [0.05, 0.1) is 16.8 Å². The standard InChI is InChI=1S/C42H28N2O/c1-3-12-31(13-4-1)42(32-14-5-2-6-15-32)36-17-7-9-19-38(36)44(39-20-10-8-18-37(39)42)33-24-21-29(22-25-33)30-23-26-40-35(28-30)34-16-11-27-43-41(34)45-40/h1-28H. The summed E-state index contributed by atoms with van der Waals surface area (Å²) in [6.07, 6.45) is 1.77. The first-order valence-corrected chi connectivity index (χ1v) is 15.3. The second-order valence-electron chi connectivity index (χ2n) is 11.6. The second-order valence-corrected chi connectivity index (χ2v) is 11.6. The molecule has 0 amide bonds. The van der Waals surface area contributed by atoms with E-state index in [4.69, 9.17) is 4.42 Å². The Labute approximate surface area is 261 Å².